The van der Waals surface area contributed by atoms with Gasteiger partial charge in [-0.3, -0.25) is 4.79 Å². The number of carbonyl (C=O) groups is 1. The van der Waals surface area contributed by atoms with Gasteiger partial charge in [0, 0.05) is 18.7 Å². The van der Waals surface area contributed by atoms with E-state index in [-0.39, 0.29) is 5.91 Å². The van der Waals surface area contributed by atoms with Crippen LogP contribution in [0.2, 0.25) is 0 Å². The van der Waals surface area contributed by atoms with Gasteiger partial charge in [0.2, 0.25) is 0 Å². The van der Waals surface area contributed by atoms with Crippen LogP contribution < -0.4 is 9.47 Å². The van der Waals surface area contributed by atoms with Crippen LogP contribution in [0.25, 0.3) is 0 Å². The molecule has 0 spiro atoms. The van der Waals surface area contributed by atoms with Gasteiger partial charge in [0.25, 0.3) is 5.91 Å². The van der Waals surface area contributed by atoms with Gasteiger partial charge in [0.15, 0.2) is 11.5 Å². The minimum Gasteiger partial charge on any atom is -0.490 e. The zero-order chi connectivity index (χ0) is 18.2. The average Bonchev–Trinajstić information content (AvgIpc) is 2.62. The molecule has 0 radical (unpaired) electrons. The lowest BCUT2D eigenvalue weighted by atomic mass is 10.1. The molecule has 0 aliphatic heterocycles. The summed E-state index contributed by atoms with van der Waals surface area (Å²) in [6, 6.07) is 13.5. The normalized spacial score (nSPS) is 10.4. The third-order valence-electron chi connectivity index (χ3n) is 4.08. The number of aryl methyl sites for hydroxylation is 1. The van der Waals surface area contributed by atoms with E-state index in [2.05, 4.69) is 19.1 Å². The first-order valence-corrected chi connectivity index (χ1v) is 8.84. The number of ether oxygens (including phenoxy) is 2. The van der Waals surface area contributed by atoms with Gasteiger partial charge in [0.05, 0.1) is 13.2 Å². The number of benzene rings is 2. The molecule has 0 unspecified atom stereocenters. The first kappa shape index (κ1) is 18.8. The van der Waals surface area contributed by atoms with Crippen molar-refractivity contribution in [1.29, 1.82) is 0 Å². The Labute approximate surface area is 150 Å². The summed E-state index contributed by atoms with van der Waals surface area (Å²) in [6.07, 6.45) is 0. The second-order valence-electron chi connectivity index (χ2n) is 5.77. The van der Waals surface area contributed by atoms with Crippen molar-refractivity contribution in [2.45, 2.75) is 34.2 Å². The van der Waals surface area contributed by atoms with Gasteiger partial charge in [-0.2, -0.15) is 0 Å². The Bertz CT molecular complexity index is 712. The van der Waals surface area contributed by atoms with E-state index in [9.17, 15) is 4.79 Å². The summed E-state index contributed by atoms with van der Waals surface area (Å²) < 4.78 is 11.2. The van der Waals surface area contributed by atoms with E-state index in [1.54, 1.807) is 12.1 Å². The van der Waals surface area contributed by atoms with Crippen LogP contribution in [0, 0.1) is 6.92 Å². The number of amides is 1. The van der Waals surface area contributed by atoms with Gasteiger partial charge in [-0.1, -0.05) is 24.3 Å². The molecule has 0 N–H and O–H groups in total. The Morgan fingerprint density at radius 1 is 0.960 bits per heavy atom. The summed E-state index contributed by atoms with van der Waals surface area (Å²) in [5.74, 6) is 1.28. The maximum atomic E-state index is 12.9. The predicted octanol–water partition coefficient (Wildman–Crippen LogP) is 4.45. The molecule has 0 aromatic heterocycles. The Morgan fingerprint density at radius 2 is 1.64 bits per heavy atom. The summed E-state index contributed by atoms with van der Waals surface area (Å²) in [6.45, 7) is 10.2. The van der Waals surface area contributed by atoms with Gasteiger partial charge in [-0.25, -0.2) is 0 Å². The molecule has 0 aliphatic rings. The van der Waals surface area contributed by atoms with E-state index in [1.165, 1.54) is 5.56 Å². The average molecular weight is 341 g/mol. The van der Waals surface area contributed by atoms with Gasteiger partial charge < -0.3 is 14.4 Å². The lowest BCUT2D eigenvalue weighted by Crippen LogP contribution is -2.30. The summed E-state index contributed by atoms with van der Waals surface area (Å²) in [7, 11) is 0. The van der Waals surface area contributed by atoms with Crippen molar-refractivity contribution in [2.24, 2.45) is 0 Å². The maximum Gasteiger partial charge on any atom is 0.254 e. The number of rotatable bonds is 8. The molecule has 0 bridgehead atoms. The molecule has 2 aromatic carbocycles. The van der Waals surface area contributed by atoms with Gasteiger partial charge in [-0.05, 0) is 57.0 Å². The molecule has 134 valence electrons. The third kappa shape index (κ3) is 4.75. The fourth-order valence-corrected chi connectivity index (χ4v) is 2.69. The van der Waals surface area contributed by atoms with Crippen LogP contribution in [-0.2, 0) is 6.54 Å². The molecule has 0 aliphatic carbocycles. The minimum atomic E-state index is -0.00486. The molecule has 0 heterocycles. The highest BCUT2D eigenvalue weighted by molar-refractivity contribution is 5.95. The topological polar surface area (TPSA) is 38.8 Å². The van der Waals surface area contributed by atoms with Crippen LogP contribution in [0.3, 0.4) is 0 Å². The van der Waals surface area contributed by atoms with Gasteiger partial charge >= 0.3 is 0 Å². The molecule has 1 amide bonds. The molecule has 0 atom stereocenters. The SMILES string of the molecule is CCOc1ccc(C(=O)N(CC)Cc2ccccc2C)cc1OCC. The molecule has 2 aromatic rings. The predicted molar refractivity (Wildman–Crippen MR) is 100 cm³/mol. The molecule has 4 heteroatoms. The van der Waals surface area contributed by atoms with E-state index in [4.69, 9.17) is 9.47 Å². The van der Waals surface area contributed by atoms with Crippen LogP contribution in [0.5, 0.6) is 11.5 Å². The van der Waals surface area contributed by atoms with Crippen molar-refractivity contribution in [2.75, 3.05) is 19.8 Å². The third-order valence-corrected chi connectivity index (χ3v) is 4.08. The molecular weight excluding hydrogens is 314 g/mol. The van der Waals surface area contributed by atoms with Crippen LogP contribution in [0.15, 0.2) is 42.5 Å². The van der Waals surface area contributed by atoms with E-state index < -0.39 is 0 Å². The lowest BCUT2D eigenvalue weighted by molar-refractivity contribution is 0.0752. The Balaban J connectivity index is 2.24. The number of hydrogen-bond acceptors (Lipinski definition) is 3. The monoisotopic (exact) mass is 341 g/mol. The van der Waals surface area contributed by atoms with Crippen molar-refractivity contribution >= 4 is 5.91 Å². The fourth-order valence-electron chi connectivity index (χ4n) is 2.69. The molecule has 0 fully saturated rings. The van der Waals surface area contributed by atoms with Crippen molar-refractivity contribution in [3.05, 3.63) is 59.2 Å². The van der Waals surface area contributed by atoms with Crippen molar-refractivity contribution in [3.8, 4) is 11.5 Å². The maximum absolute atomic E-state index is 12.9. The number of hydrogen-bond donors (Lipinski definition) is 0. The van der Waals surface area contributed by atoms with Crippen molar-refractivity contribution in [1.82, 2.24) is 4.90 Å². The minimum absolute atomic E-state index is 0.00486. The van der Waals surface area contributed by atoms with Gasteiger partial charge in [-0.15, -0.1) is 0 Å². The second kappa shape index (κ2) is 9.11. The van der Waals surface area contributed by atoms with Gasteiger partial charge in [0.1, 0.15) is 0 Å². The molecular formula is C21H27NO3. The summed E-state index contributed by atoms with van der Waals surface area (Å²) >= 11 is 0. The molecule has 0 saturated heterocycles. The summed E-state index contributed by atoms with van der Waals surface area (Å²) in [4.78, 5) is 14.8. The number of nitrogens with zero attached hydrogens (tertiary/aromatic N) is 1. The van der Waals surface area contributed by atoms with Crippen molar-refractivity contribution in [3.63, 3.8) is 0 Å². The Kier molecular flexibility index (Phi) is 6.87. The molecule has 25 heavy (non-hydrogen) atoms. The van der Waals surface area contributed by atoms with E-state index in [1.807, 2.05) is 43.9 Å². The molecule has 0 saturated carbocycles. The van der Waals surface area contributed by atoms with E-state index in [0.717, 1.165) is 5.56 Å². The lowest BCUT2D eigenvalue weighted by Gasteiger charge is -2.22. The highest BCUT2D eigenvalue weighted by Gasteiger charge is 2.17. The summed E-state index contributed by atoms with van der Waals surface area (Å²) in [5, 5.41) is 0. The second-order valence-corrected chi connectivity index (χ2v) is 5.77. The molecule has 4 nitrogen and oxygen atoms in total. The van der Waals surface area contributed by atoms with Crippen LogP contribution >= 0.6 is 0 Å². The first-order valence-electron chi connectivity index (χ1n) is 8.84. The van der Waals surface area contributed by atoms with E-state index >= 15 is 0 Å². The first-order chi connectivity index (χ1) is 12.1. The Morgan fingerprint density at radius 3 is 2.28 bits per heavy atom. The van der Waals surface area contributed by atoms with Crippen molar-refractivity contribution < 1.29 is 14.3 Å². The highest BCUT2D eigenvalue weighted by atomic mass is 16.5. The van der Waals surface area contributed by atoms with Crippen LogP contribution in [-0.4, -0.2) is 30.6 Å². The van der Waals surface area contributed by atoms with E-state index in [0.29, 0.717) is 43.4 Å². The zero-order valence-electron chi connectivity index (χ0n) is 15.5. The summed E-state index contributed by atoms with van der Waals surface area (Å²) in [5.41, 5.74) is 2.96. The Hall–Kier alpha value is -2.49. The quantitative estimate of drug-likeness (QED) is 0.712. The fraction of sp³-hybridized carbons (Fsp3) is 0.381. The standard InChI is InChI=1S/C21H27NO3/c1-5-22(15-18-11-9-8-10-16(18)4)21(23)17-12-13-19(24-6-2)20(14-17)25-7-3/h8-14H,5-7,15H2,1-4H3. The number of carbonyl (C=O) groups excluding carboxylic acids is 1. The largest absolute Gasteiger partial charge is 0.490 e. The van der Waals surface area contributed by atoms with Crippen LogP contribution in [0.1, 0.15) is 42.3 Å². The zero-order valence-corrected chi connectivity index (χ0v) is 15.5. The van der Waals surface area contributed by atoms with Crippen LogP contribution in [0.4, 0.5) is 0 Å². The smallest absolute Gasteiger partial charge is 0.254 e. The highest BCUT2D eigenvalue weighted by Crippen LogP contribution is 2.29. The molecule has 2 rings (SSSR count).